The molecule has 0 aliphatic heterocycles. The lowest BCUT2D eigenvalue weighted by Crippen LogP contribution is -2.12. The van der Waals surface area contributed by atoms with Crippen molar-refractivity contribution in [1.82, 2.24) is 15.0 Å². The summed E-state index contributed by atoms with van der Waals surface area (Å²) >= 11 is 0. The second-order valence-electron chi connectivity index (χ2n) is 7.65. The zero-order valence-corrected chi connectivity index (χ0v) is 18.4. The fourth-order valence-electron chi connectivity index (χ4n) is 3.58. The third-order valence-electron chi connectivity index (χ3n) is 5.24. The van der Waals surface area contributed by atoms with Gasteiger partial charge < -0.3 is 16.0 Å². The van der Waals surface area contributed by atoms with E-state index in [0.29, 0.717) is 22.6 Å². The van der Waals surface area contributed by atoms with Gasteiger partial charge in [0, 0.05) is 64.6 Å². The molecule has 3 heterocycles. The van der Waals surface area contributed by atoms with Gasteiger partial charge in [0.1, 0.15) is 5.82 Å². The molecular weight excluding hydrogens is 438 g/mol. The van der Waals surface area contributed by atoms with Crippen molar-refractivity contribution < 1.29 is 4.79 Å². The van der Waals surface area contributed by atoms with Crippen molar-refractivity contribution in [2.45, 2.75) is 0 Å². The van der Waals surface area contributed by atoms with Crippen LogP contribution in [0.5, 0.6) is 0 Å². The van der Waals surface area contributed by atoms with Gasteiger partial charge in [0.2, 0.25) is 0 Å². The van der Waals surface area contributed by atoms with Crippen molar-refractivity contribution in [2.75, 3.05) is 16.0 Å². The summed E-state index contributed by atoms with van der Waals surface area (Å²) in [5, 5.41) is 19.5. The summed E-state index contributed by atoms with van der Waals surface area (Å²) in [7, 11) is 0. The van der Waals surface area contributed by atoms with E-state index in [4.69, 9.17) is 0 Å². The molecule has 0 spiro atoms. The largest absolute Gasteiger partial charge is 0.355 e. The minimum Gasteiger partial charge on any atom is -0.355 e. The molecule has 8 nitrogen and oxygen atoms in total. The molecule has 0 aliphatic rings. The molecule has 0 unspecified atom stereocenters. The number of anilines is 5. The molecule has 1 amide bonds. The summed E-state index contributed by atoms with van der Waals surface area (Å²) in [6.07, 6.45) is 6.70. The number of nitrogens with one attached hydrogen (secondary N) is 3. The first-order chi connectivity index (χ1) is 17.2. The maximum atomic E-state index is 13.0. The van der Waals surface area contributed by atoms with Gasteiger partial charge in [-0.15, -0.1) is 0 Å². The van der Waals surface area contributed by atoms with Gasteiger partial charge in [0.05, 0.1) is 17.1 Å². The van der Waals surface area contributed by atoms with Gasteiger partial charge in [-0.3, -0.25) is 14.8 Å². The van der Waals surface area contributed by atoms with E-state index < -0.39 is 0 Å². The lowest BCUT2D eigenvalue weighted by Gasteiger charge is -2.12. The zero-order chi connectivity index (χ0) is 24.0. The number of carbonyl (C=O) groups is 1. The Hall–Kier alpha value is -5.29. The van der Waals surface area contributed by atoms with E-state index in [2.05, 4.69) is 37.0 Å². The molecule has 2 aromatic carbocycles. The normalized spacial score (nSPS) is 10.4. The number of hydrogen-bond donors (Lipinski definition) is 3. The summed E-state index contributed by atoms with van der Waals surface area (Å²) in [5.74, 6) is 0.354. The highest BCUT2D eigenvalue weighted by Gasteiger charge is 2.10. The Labute approximate surface area is 201 Å². The Kier molecular flexibility index (Phi) is 5.96. The molecule has 3 N–H and O–H groups in total. The van der Waals surface area contributed by atoms with Crippen LogP contribution in [0.4, 0.5) is 28.6 Å². The van der Waals surface area contributed by atoms with E-state index in [-0.39, 0.29) is 5.91 Å². The van der Waals surface area contributed by atoms with Crippen LogP contribution in [0.25, 0.3) is 10.9 Å². The predicted molar refractivity (Wildman–Crippen MR) is 136 cm³/mol. The van der Waals surface area contributed by atoms with Crippen LogP contribution >= 0.6 is 0 Å². The van der Waals surface area contributed by atoms with E-state index in [1.165, 1.54) is 0 Å². The molecule has 8 heteroatoms. The molecule has 0 radical (unpaired) electrons. The van der Waals surface area contributed by atoms with Gasteiger partial charge in [-0.05, 0) is 60.7 Å². The van der Waals surface area contributed by atoms with Gasteiger partial charge in [-0.25, -0.2) is 4.98 Å². The average molecular weight is 457 g/mol. The van der Waals surface area contributed by atoms with Crippen molar-refractivity contribution >= 4 is 45.4 Å². The van der Waals surface area contributed by atoms with Crippen molar-refractivity contribution in [2.24, 2.45) is 0 Å². The summed E-state index contributed by atoms with van der Waals surface area (Å²) in [5.41, 5.74) is 4.82. The maximum absolute atomic E-state index is 13.0. The minimum atomic E-state index is -0.249. The lowest BCUT2D eigenvalue weighted by molar-refractivity contribution is 0.102. The monoisotopic (exact) mass is 457 g/mol. The molecule has 0 fully saturated rings. The fourth-order valence-corrected chi connectivity index (χ4v) is 3.58. The molecule has 0 atom stereocenters. The highest BCUT2D eigenvalue weighted by Crippen LogP contribution is 2.27. The molecule has 0 bridgehead atoms. The number of carbonyl (C=O) groups excluding carboxylic acids is 1. The van der Waals surface area contributed by atoms with E-state index in [1.54, 1.807) is 61.2 Å². The second-order valence-corrected chi connectivity index (χ2v) is 7.65. The van der Waals surface area contributed by atoms with Crippen LogP contribution in [0.15, 0.2) is 97.6 Å². The Balaban J connectivity index is 1.33. The first-order valence-electron chi connectivity index (χ1n) is 10.8. The average Bonchev–Trinajstić information content (AvgIpc) is 2.89. The molecule has 35 heavy (non-hydrogen) atoms. The van der Waals surface area contributed by atoms with Crippen molar-refractivity contribution in [3.05, 3.63) is 109 Å². The van der Waals surface area contributed by atoms with Gasteiger partial charge in [0.15, 0.2) is 0 Å². The SMILES string of the molecule is N#Cc1ccc2nccc(Nc3cccc(C(=O)Nc4ccnc(Nc5ccncc5)c4)c3)c2c1. The van der Waals surface area contributed by atoms with Gasteiger partial charge >= 0.3 is 0 Å². The predicted octanol–water partition coefficient (Wildman–Crippen LogP) is 5.64. The number of rotatable bonds is 6. The molecule has 5 rings (SSSR count). The molecule has 0 aliphatic carbocycles. The molecule has 0 saturated heterocycles. The lowest BCUT2D eigenvalue weighted by atomic mass is 10.1. The van der Waals surface area contributed by atoms with Crippen LogP contribution in [0.2, 0.25) is 0 Å². The summed E-state index contributed by atoms with van der Waals surface area (Å²) in [4.78, 5) is 25.6. The smallest absolute Gasteiger partial charge is 0.255 e. The van der Waals surface area contributed by atoms with Gasteiger partial charge in [-0.2, -0.15) is 5.26 Å². The van der Waals surface area contributed by atoms with Crippen molar-refractivity contribution in [3.63, 3.8) is 0 Å². The number of amides is 1. The van der Waals surface area contributed by atoms with Gasteiger partial charge in [0.25, 0.3) is 5.91 Å². The molecule has 0 saturated carbocycles. The van der Waals surface area contributed by atoms with Crippen LogP contribution in [0.3, 0.4) is 0 Å². The third kappa shape index (κ3) is 5.05. The topological polar surface area (TPSA) is 116 Å². The number of pyridine rings is 3. The van der Waals surface area contributed by atoms with E-state index >= 15 is 0 Å². The fraction of sp³-hybridized carbons (Fsp3) is 0. The summed E-state index contributed by atoms with van der Waals surface area (Å²) in [6.45, 7) is 0. The highest BCUT2D eigenvalue weighted by molar-refractivity contribution is 6.05. The molecule has 5 aromatic rings. The first-order valence-corrected chi connectivity index (χ1v) is 10.8. The van der Waals surface area contributed by atoms with Crippen LogP contribution in [0, 0.1) is 11.3 Å². The number of benzene rings is 2. The second kappa shape index (κ2) is 9.68. The Morgan fingerprint density at radius 2 is 1.60 bits per heavy atom. The first kappa shape index (κ1) is 21.6. The van der Waals surface area contributed by atoms with Crippen molar-refractivity contribution in [1.29, 1.82) is 5.26 Å². The maximum Gasteiger partial charge on any atom is 0.255 e. The van der Waals surface area contributed by atoms with Crippen LogP contribution < -0.4 is 16.0 Å². The number of nitrogens with zero attached hydrogens (tertiary/aromatic N) is 4. The highest BCUT2D eigenvalue weighted by atomic mass is 16.1. The standard InChI is InChI=1S/C27H19N7O/c28-17-18-4-5-24-23(14-18)25(9-13-30-24)32-21-3-1-2-19(15-21)27(35)34-22-8-12-31-26(16-22)33-20-6-10-29-11-7-20/h1-16H,(H,30,32)(H2,29,31,33,34,35). The van der Waals surface area contributed by atoms with Crippen LogP contribution in [0.1, 0.15) is 15.9 Å². The summed E-state index contributed by atoms with van der Waals surface area (Å²) < 4.78 is 0. The number of hydrogen-bond acceptors (Lipinski definition) is 7. The summed E-state index contributed by atoms with van der Waals surface area (Å²) in [6, 6.07) is 23.7. The Morgan fingerprint density at radius 3 is 2.46 bits per heavy atom. The van der Waals surface area contributed by atoms with Crippen LogP contribution in [-0.4, -0.2) is 20.9 Å². The Bertz CT molecular complexity index is 1560. The van der Waals surface area contributed by atoms with Crippen molar-refractivity contribution in [3.8, 4) is 6.07 Å². The van der Waals surface area contributed by atoms with E-state index in [1.807, 2.05) is 36.4 Å². The number of aromatic nitrogens is 3. The van der Waals surface area contributed by atoms with Crippen LogP contribution in [-0.2, 0) is 0 Å². The van der Waals surface area contributed by atoms with E-state index in [9.17, 15) is 10.1 Å². The molecule has 3 aromatic heterocycles. The number of nitriles is 1. The number of fused-ring (bicyclic) bond motifs is 1. The zero-order valence-electron chi connectivity index (χ0n) is 18.4. The molecule has 168 valence electrons. The minimum absolute atomic E-state index is 0.249. The third-order valence-corrected chi connectivity index (χ3v) is 5.24. The Morgan fingerprint density at radius 1 is 0.771 bits per heavy atom. The molecular formula is C27H19N7O. The van der Waals surface area contributed by atoms with E-state index in [0.717, 1.165) is 28.0 Å². The van der Waals surface area contributed by atoms with Gasteiger partial charge in [-0.1, -0.05) is 6.07 Å². The quantitative estimate of drug-likeness (QED) is 0.302.